The van der Waals surface area contributed by atoms with Crippen LogP contribution in [0.3, 0.4) is 0 Å². The van der Waals surface area contributed by atoms with E-state index in [1.165, 1.54) is 54.7 Å². The molecule has 0 radical (unpaired) electrons. The quantitative estimate of drug-likeness (QED) is 0.160. The van der Waals surface area contributed by atoms with E-state index < -0.39 is 0 Å². The number of rotatable bonds is 7. The van der Waals surface area contributed by atoms with Crippen molar-refractivity contribution in [1.29, 1.82) is 0 Å². The number of furan rings is 1. The van der Waals surface area contributed by atoms with Gasteiger partial charge in [-0.05, 0) is 105 Å². The molecule has 13 aromatic rings. The molecule has 3 heteroatoms. The number of para-hydroxylation sites is 4. The second-order valence-corrected chi connectivity index (χ2v) is 16.9. The lowest BCUT2D eigenvalue weighted by Gasteiger charge is -2.26. The molecule has 0 aliphatic rings. The number of anilines is 3. The third-order valence-corrected chi connectivity index (χ3v) is 13.2. The molecule has 0 atom stereocenters. The molecule has 65 heavy (non-hydrogen) atoms. The predicted molar refractivity (Wildman–Crippen MR) is 274 cm³/mol. The summed E-state index contributed by atoms with van der Waals surface area (Å²) in [6.45, 7) is 0. The van der Waals surface area contributed by atoms with E-state index in [0.717, 1.165) is 66.8 Å². The van der Waals surface area contributed by atoms with E-state index in [0.29, 0.717) is 0 Å². The zero-order valence-corrected chi connectivity index (χ0v) is 35.4. The summed E-state index contributed by atoms with van der Waals surface area (Å²) in [7, 11) is 0. The number of benzene rings is 11. The first kappa shape index (κ1) is 36.9. The molecule has 3 nitrogen and oxygen atoms in total. The average Bonchev–Trinajstić information content (AvgIpc) is 3.94. The minimum Gasteiger partial charge on any atom is -0.455 e. The molecule has 13 rings (SSSR count). The molecule has 2 aromatic heterocycles. The van der Waals surface area contributed by atoms with Crippen molar-refractivity contribution in [3.63, 3.8) is 0 Å². The Morgan fingerprint density at radius 2 is 0.769 bits per heavy atom. The zero-order valence-electron chi connectivity index (χ0n) is 35.4. The Balaban J connectivity index is 0.909. The Labute approximate surface area is 376 Å². The van der Waals surface area contributed by atoms with Gasteiger partial charge in [-0.3, -0.25) is 0 Å². The highest BCUT2D eigenvalue weighted by molar-refractivity contribution is 6.17. The largest absolute Gasteiger partial charge is 0.455 e. The van der Waals surface area contributed by atoms with Crippen LogP contribution in [0.25, 0.3) is 104 Å². The minimum atomic E-state index is 0.907. The summed E-state index contributed by atoms with van der Waals surface area (Å²) in [5, 5.41) is 9.56. The molecule has 0 saturated heterocycles. The maximum Gasteiger partial charge on any atom is 0.143 e. The monoisotopic (exact) mass is 828 g/mol. The van der Waals surface area contributed by atoms with Crippen molar-refractivity contribution >= 4 is 82.4 Å². The molecule has 0 N–H and O–H groups in total. The Morgan fingerprint density at radius 1 is 0.292 bits per heavy atom. The lowest BCUT2D eigenvalue weighted by molar-refractivity contribution is 0.674. The molecular formula is C62H40N2O. The fourth-order valence-corrected chi connectivity index (χ4v) is 10.0. The van der Waals surface area contributed by atoms with E-state index in [1.807, 2.05) is 0 Å². The van der Waals surface area contributed by atoms with Crippen molar-refractivity contribution in [3.05, 3.63) is 243 Å². The predicted octanol–water partition coefficient (Wildman–Crippen LogP) is 17.5. The first-order valence-corrected chi connectivity index (χ1v) is 22.2. The van der Waals surface area contributed by atoms with Gasteiger partial charge in [-0.15, -0.1) is 0 Å². The second kappa shape index (κ2) is 15.0. The van der Waals surface area contributed by atoms with Gasteiger partial charge < -0.3 is 13.9 Å². The van der Waals surface area contributed by atoms with Crippen LogP contribution in [0.15, 0.2) is 247 Å². The molecule has 0 unspecified atom stereocenters. The zero-order chi connectivity index (χ0) is 42.8. The molecule has 0 bridgehead atoms. The third kappa shape index (κ3) is 6.12. The van der Waals surface area contributed by atoms with Gasteiger partial charge in [0.25, 0.3) is 0 Å². The summed E-state index contributed by atoms with van der Waals surface area (Å²) in [4.78, 5) is 2.35. The van der Waals surface area contributed by atoms with Gasteiger partial charge in [0.1, 0.15) is 11.2 Å². The van der Waals surface area contributed by atoms with E-state index in [9.17, 15) is 0 Å². The number of fused-ring (bicyclic) bond motifs is 9. The van der Waals surface area contributed by atoms with Crippen LogP contribution in [0.1, 0.15) is 0 Å². The van der Waals surface area contributed by atoms with Crippen LogP contribution >= 0.6 is 0 Å². The molecule has 0 amide bonds. The van der Waals surface area contributed by atoms with Gasteiger partial charge in [-0.25, -0.2) is 0 Å². The van der Waals surface area contributed by atoms with E-state index in [2.05, 4.69) is 252 Å². The SMILES string of the molecule is c1ccc(-n2c3ccccc3c3ccccc32)c(-c2ccc(N(c3ccc(-c4ccc5ccccc5c4)cc3)c3ccc(-c4cccc5c4oc4c6ccccc6ccc54)cc3)cc2)c1. The van der Waals surface area contributed by atoms with Gasteiger partial charge >= 0.3 is 0 Å². The highest BCUT2D eigenvalue weighted by Gasteiger charge is 2.19. The van der Waals surface area contributed by atoms with Gasteiger partial charge in [0.2, 0.25) is 0 Å². The Kier molecular flexibility index (Phi) is 8.53. The molecule has 0 aliphatic heterocycles. The van der Waals surface area contributed by atoms with Crippen molar-refractivity contribution < 1.29 is 4.42 Å². The topological polar surface area (TPSA) is 21.3 Å². The molecule has 2 heterocycles. The summed E-state index contributed by atoms with van der Waals surface area (Å²) >= 11 is 0. The summed E-state index contributed by atoms with van der Waals surface area (Å²) in [6.07, 6.45) is 0. The standard InChI is InChI=1S/C62H40N2O/c1-2-14-46-40-47(25-24-41(46)12-1)42-26-33-48(34-27-42)63(50-37-30-45(31-38-50)53-19-11-20-56-57-39-32-43-13-3-4-16-52(43)62(57)65-61(53)56)49-35-28-44(29-36-49)51-15-5-8-21-58(51)64-59-22-9-6-17-54(59)55-18-7-10-23-60(55)64/h1-40H. The number of hydrogen-bond acceptors (Lipinski definition) is 2. The first-order valence-electron chi connectivity index (χ1n) is 22.2. The Hall–Kier alpha value is -8.66. The number of aromatic nitrogens is 1. The smallest absolute Gasteiger partial charge is 0.143 e. The normalized spacial score (nSPS) is 11.7. The van der Waals surface area contributed by atoms with Crippen LogP contribution < -0.4 is 4.90 Å². The van der Waals surface area contributed by atoms with Crippen LogP contribution in [0, 0.1) is 0 Å². The summed E-state index contributed by atoms with van der Waals surface area (Å²) in [6, 6.07) is 87.6. The first-order chi connectivity index (χ1) is 32.2. The summed E-state index contributed by atoms with van der Waals surface area (Å²) < 4.78 is 9.16. The van der Waals surface area contributed by atoms with Gasteiger partial charge in [0.05, 0.1) is 16.7 Å². The fourth-order valence-electron chi connectivity index (χ4n) is 10.0. The van der Waals surface area contributed by atoms with Crippen molar-refractivity contribution in [3.8, 4) is 39.1 Å². The molecule has 0 fully saturated rings. The Morgan fingerprint density at radius 3 is 1.46 bits per heavy atom. The summed E-state index contributed by atoms with van der Waals surface area (Å²) in [5.74, 6) is 0. The number of hydrogen-bond donors (Lipinski definition) is 0. The van der Waals surface area contributed by atoms with Crippen molar-refractivity contribution in [2.24, 2.45) is 0 Å². The van der Waals surface area contributed by atoms with Gasteiger partial charge in [-0.2, -0.15) is 0 Å². The lowest BCUT2D eigenvalue weighted by Crippen LogP contribution is -2.09. The maximum absolute atomic E-state index is 6.75. The van der Waals surface area contributed by atoms with Gasteiger partial charge in [0.15, 0.2) is 0 Å². The van der Waals surface area contributed by atoms with E-state index in [1.54, 1.807) is 0 Å². The maximum atomic E-state index is 6.75. The Bertz CT molecular complexity index is 3880. The molecule has 0 spiro atoms. The molecule has 11 aromatic carbocycles. The fraction of sp³-hybridized carbons (Fsp3) is 0. The van der Waals surface area contributed by atoms with Gasteiger partial charge in [0, 0.05) is 55.1 Å². The van der Waals surface area contributed by atoms with Gasteiger partial charge in [-0.1, -0.05) is 176 Å². The van der Waals surface area contributed by atoms with Crippen molar-refractivity contribution in [2.75, 3.05) is 4.90 Å². The minimum absolute atomic E-state index is 0.907. The second-order valence-electron chi connectivity index (χ2n) is 16.9. The van der Waals surface area contributed by atoms with E-state index in [4.69, 9.17) is 4.42 Å². The van der Waals surface area contributed by atoms with Crippen molar-refractivity contribution in [2.45, 2.75) is 0 Å². The summed E-state index contributed by atoms with van der Waals surface area (Å²) in [5.41, 5.74) is 15.5. The van der Waals surface area contributed by atoms with E-state index in [-0.39, 0.29) is 0 Å². The van der Waals surface area contributed by atoms with Crippen LogP contribution in [0.4, 0.5) is 17.1 Å². The average molecular weight is 829 g/mol. The number of nitrogens with zero attached hydrogens (tertiary/aromatic N) is 2. The molecule has 304 valence electrons. The van der Waals surface area contributed by atoms with Crippen LogP contribution in [-0.2, 0) is 0 Å². The highest BCUT2D eigenvalue weighted by atomic mass is 16.3. The lowest BCUT2D eigenvalue weighted by atomic mass is 10.00. The van der Waals surface area contributed by atoms with Crippen LogP contribution in [0.5, 0.6) is 0 Å². The molecule has 0 aliphatic carbocycles. The third-order valence-electron chi connectivity index (χ3n) is 13.2. The molecule has 0 saturated carbocycles. The van der Waals surface area contributed by atoms with Crippen LogP contribution in [-0.4, -0.2) is 4.57 Å². The van der Waals surface area contributed by atoms with Crippen LogP contribution in [0.2, 0.25) is 0 Å². The highest BCUT2D eigenvalue weighted by Crippen LogP contribution is 2.42. The van der Waals surface area contributed by atoms with E-state index >= 15 is 0 Å². The van der Waals surface area contributed by atoms with Crippen molar-refractivity contribution in [1.82, 2.24) is 4.57 Å². The molecular weight excluding hydrogens is 789 g/mol.